The molecular weight excluding hydrogens is 270 g/mol. The van der Waals surface area contributed by atoms with Crippen molar-refractivity contribution in [3.63, 3.8) is 0 Å². The van der Waals surface area contributed by atoms with Gasteiger partial charge in [-0.25, -0.2) is 0 Å². The molecule has 0 aliphatic heterocycles. The summed E-state index contributed by atoms with van der Waals surface area (Å²) in [6.45, 7) is 3.95. The zero-order valence-electron chi connectivity index (χ0n) is 12.2. The second-order valence-corrected chi connectivity index (χ2v) is 6.56. The second kappa shape index (κ2) is 5.76. The number of hydrogen-bond donors (Lipinski definition) is 1. The number of hydrogen-bond acceptors (Lipinski definition) is 2. The van der Waals surface area contributed by atoms with E-state index in [-0.39, 0.29) is 0 Å². The van der Waals surface area contributed by atoms with Gasteiger partial charge in [0.15, 0.2) is 0 Å². The monoisotopic (exact) mass is 291 g/mol. The second-order valence-electron chi connectivity index (χ2n) is 6.13. The predicted molar refractivity (Wildman–Crippen MR) is 81.3 cm³/mol. The third-order valence-electron chi connectivity index (χ3n) is 5.07. The molecule has 0 aromatic heterocycles. The molecule has 1 aliphatic rings. The van der Waals surface area contributed by atoms with Crippen molar-refractivity contribution in [3.8, 4) is 6.07 Å². The molecule has 108 valence electrons. The van der Waals surface area contributed by atoms with Crippen LogP contribution in [0.1, 0.15) is 51.5 Å². The molecule has 0 spiro atoms. The standard InChI is InChI=1S/C17H22ClNO/c1-3-13-7-9-17(12-19,10-8-13)16(2,20)14-5-4-6-15(18)11-14/h4-6,11,13,20H,3,7-10H2,1-2H3. The van der Waals surface area contributed by atoms with Gasteiger partial charge >= 0.3 is 0 Å². The van der Waals surface area contributed by atoms with Crippen LogP contribution in [0.2, 0.25) is 5.02 Å². The maximum atomic E-state index is 11.1. The maximum Gasteiger partial charge on any atom is 0.105 e. The van der Waals surface area contributed by atoms with E-state index < -0.39 is 11.0 Å². The molecule has 0 amide bonds. The topological polar surface area (TPSA) is 44.0 Å². The summed E-state index contributed by atoms with van der Waals surface area (Å²) in [7, 11) is 0. The quantitative estimate of drug-likeness (QED) is 0.880. The highest BCUT2D eigenvalue weighted by molar-refractivity contribution is 6.30. The summed E-state index contributed by atoms with van der Waals surface area (Å²) in [5.41, 5.74) is -1.13. The zero-order chi connectivity index (χ0) is 14.8. The molecule has 0 bridgehead atoms. The average Bonchev–Trinajstić information content (AvgIpc) is 2.47. The third-order valence-corrected chi connectivity index (χ3v) is 5.30. The first-order chi connectivity index (χ1) is 9.45. The fraction of sp³-hybridized carbons (Fsp3) is 0.588. The largest absolute Gasteiger partial charge is 0.384 e. The van der Waals surface area contributed by atoms with Crippen molar-refractivity contribution in [1.82, 2.24) is 0 Å². The molecule has 20 heavy (non-hydrogen) atoms. The van der Waals surface area contributed by atoms with Gasteiger partial charge in [0.2, 0.25) is 0 Å². The van der Waals surface area contributed by atoms with Crippen LogP contribution < -0.4 is 0 Å². The smallest absolute Gasteiger partial charge is 0.105 e. The van der Waals surface area contributed by atoms with Crippen LogP contribution in [0.25, 0.3) is 0 Å². The summed E-state index contributed by atoms with van der Waals surface area (Å²) in [6, 6.07) is 9.67. The Morgan fingerprint density at radius 2 is 2.10 bits per heavy atom. The van der Waals surface area contributed by atoms with E-state index in [1.165, 1.54) is 0 Å². The SMILES string of the molecule is CCC1CCC(C#N)(C(C)(O)c2cccc(Cl)c2)CC1. The molecule has 2 nitrogen and oxygen atoms in total. The van der Waals surface area contributed by atoms with Gasteiger partial charge in [0, 0.05) is 5.02 Å². The highest BCUT2D eigenvalue weighted by Crippen LogP contribution is 2.51. The van der Waals surface area contributed by atoms with Crippen LogP contribution in [0.5, 0.6) is 0 Å². The van der Waals surface area contributed by atoms with Crippen LogP contribution in [0, 0.1) is 22.7 Å². The number of nitrogens with zero attached hydrogens (tertiary/aromatic N) is 1. The number of nitriles is 1. The average molecular weight is 292 g/mol. The van der Waals surface area contributed by atoms with Gasteiger partial charge in [-0.2, -0.15) is 5.26 Å². The fourth-order valence-corrected chi connectivity index (χ4v) is 3.54. The van der Waals surface area contributed by atoms with Crippen molar-refractivity contribution in [2.45, 2.75) is 51.6 Å². The van der Waals surface area contributed by atoms with Gasteiger partial charge in [0.1, 0.15) is 5.60 Å². The van der Waals surface area contributed by atoms with E-state index in [1.54, 1.807) is 19.1 Å². The van der Waals surface area contributed by atoms with Crippen molar-refractivity contribution in [1.29, 1.82) is 5.26 Å². The van der Waals surface area contributed by atoms with Gasteiger partial charge in [0.25, 0.3) is 0 Å². The highest BCUT2D eigenvalue weighted by Gasteiger charge is 2.50. The number of rotatable bonds is 3. The van der Waals surface area contributed by atoms with Crippen LogP contribution in [-0.2, 0) is 5.60 Å². The van der Waals surface area contributed by atoms with E-state index in [9.17, 15) is 10.4 Å². The summed E-state index contributed by atoms with van der Waals surface area (Å²) < 4.78 is 0. The van der Waals surface area contributed by atoms with Gasteiger partial charge in [-0.3, -0.25) is 0 Å². The Kier molecular flexibility index (Phi) is 4.42. The summed E-state index contributed by atoms with van der Waals surface area (Å²) in [4.78, 5) is 0. The molecule has 0 saturated heterocycles. The molecule has 0 radical (unpaired) electrons. The van der Waals surface area contributed by atoms with E-state index in [0.717, 1.165) is 37.7 Å². The molecular formula is C17H22ClNO. The Bertz CT molecular complexity index is 510. The Morgan fingerprint density at radius 1 is 1.45 bits per heavy atom. The Morgan fingerprint density at radius 3 is 2.60 bits per heavy atom. The lowest BCUT2D eigenvalue weighted by Gasteiger charge is -2.45. The van der Waals surface area contributed by atoms with Crippen molar-refractivity contribution >= 4 is 11.6 Å². The van der Waals surface area contributed by atoms with E-state index in [2.05, 4.69) is 13.0 Å². The lowest BCUT2D eigenvalue weighted by atomic mass is 9.60. The van der Waals surface area contributed by atoms with Crippen LogP contribution in [-0.4, -0.2) is 5.11 Å². The predicted octanol–water partition coefficient (Wildman–Crippen LogP) is 4.66. The minimum absolute atomic E-state index is 0.595. The molecule has 1 unspecified atom stereocenters. The summed E-state index contributed by atoms with van der Waals surface area (Å²) in [5, 5.41) is 21.4. The van der Waals surface area contributed by atoms with Crippen LogP contribution in [0.15, 0.2) is 24.3 Å². The minimum atomic E-state index is -1.16. The van der Waals surface area contributed by atoms with Crippen molar-refractivity contribution in [3.05, 3.63) is 34.9 Å². The fourth-order valence-electron chi connectivity index (χ4n) is 3.35. The van der Waals surface area contributed by atoms with E-state index in [4.69, 9.17) is 11.6 Å². The first kappa shape index (κ1) is 15.4. The normalized spacial score (nSPS) is 29.4. The maximum absolute atomic E-state index is 11.1. The Labute approximate surface area is 126 Å². The summed E-state index contributed by atoms with van der Waals surface area (Å²) in [6.07, 6.45) is 4.69. The van der Waals surface area contributed by atoms with Gasteiger partial charge in [-0.1, -0.05) is 37.1 Å². The Hall–Kier alpha value is -1.04. The lowest BCUT2D eigenvalue weighted by molar-refractivity contribution is -0.0698. The van der Waals surface area contributed by atoms with Crippen molar-refractivity contribution in [2.75, 3.05) is 0 Å². The van der Waals surface area contributed by atoms with Gasteiger partial charge in [0.05, 0.1) is 11.5 Å². The summed E-state index contributed by atoms with van der Waals surface area (Å²) in [5.74, 6) is 0.687. The van der Waals surface area contributed by atoms with Crippen LogP contribution in [0.4, 0.5) is 0 Å². The Balaban J connectivity index is 2.33. The molecule has 1 atom stereocenters. The van der Waals surface area contributed by atoms with Crippen molar-refractivity contribution in [2.24, 2.45) is 11.3 Å². The zero-order valence-corrected chi connectivity index (χ0v) is 13.0. The molecule has 1 saturated carbocycles. The number of benzene rings is 1. The van der Waals surface area contributed by atoms with E-state index >= 15 is 0 Å². The molecule has 3 heteroatoms. The minimum Gasteiger partial charge on any atom is -0.384 e. The lowest BCUT2D eigenvalue weighted by Crippen LogP contribution is -2.45. The highest BCUT2D eigenvalue weighted by atomic mass is 35.5. The molecule has 0 heterocycles. The van der Waals surface area contributed by atoms with Gasteiger partial charge in [-0.05, 0) is 56.2 Å². The third kappa shape index (κ3) is 2.57. The van der Waals surface area contributed by atoms with Crippen molar-refractivity contribution < 1.29 is 5.11 Å². The molecule has 1 fully saturated rings. The van der Waals surface area contributed by atoms with E-state index in [0.29, 0.717) is 10.9 Å². The van der Waals surface area contributed by atoms with Gasteiger partial charge < -0.3 is 5.11 Å². The molecule has 1 aromatic rings. The van der Waals surface area contributed by atoms with E-state index in [1.807, 2.05) is 12.1 Å². The summed E-state index contributed by atoms with van der Waals surface area (Å²) >= 11 is 6.03. The first-order valence-corrected chi connectivity index (χ1v) is 7.72. The van der Waals surface area contributed by atoms with Crippen LogP contribution >= 0.6 is 11.6 Å². The first-order valence-electron chi connectivity index (χ1n) is 7.35. The molecule has 1 aliphatic carbocycles. The van der Waals surface area contributed by atoms with Crippen LogP contribution in [0.3, 0.4) is 0 Å². The van der Waals surface area contributed by atoms with Gasteiger partial charge in [-0.15, -0.1) is 0 Å². The molecule has 1 N–H and O–H groups in total. The number of aliphatic hydroxyl groups is 1. The molecule has 2 rings (SSSR count). The molecule has 1 aromatic carbocycles. The number of halogens is 1.